The van der Waals surface area contributed by atoms with Gasteiger partial charge in [-0.2, -0.15) is 0 Å². The van der Waals surface area contributed by atoms with Gasteiger partial charge in [-0.25, -0.2) is 0 Å². The van der Waals surface area contributed by atoms with Gasteiger partial charge in [0.15, 0.2) is 0 Å². The summed E-state index contributed by atoms with van der Waals surface area (Å²) < 4.78 is 55.8. The van der Waals surface area contributed by atoms with Crippen molar-refractivity contribution in [1.29, 1.82) is 0 Å². The topological polar surface area (TPSA) is 130 Å². The molecule has 136 valence electrons. The van der Waals surface area contributed by atoms with E-state index in [9.17, 15) is 0 Å². The Balaban J connectivity index is -0.000000191. The van der Waals surface area contributed by atoms with Gasteiger partial charge in [0.25, 0.3) is 0 Å². The fraction of sp³-hybridized carbons (Fsp3) is 0.600. The maximum absolute atomic E-state index is 7.50. The molecule has 2 heterocycles. The van der Waals surface area contributed by atoms with Gasteiger partial charge in [0.1, 0.15) is 0 Å². The molecule has 0 N–H and O–H groups in total. The van der Waals surface area contributed by atoms with Gasteiger partial charge in [0.05, 0.1) is 0 Å². The summed E-state index contributed by atoms with van der Waals surface area (Å²) >= 11 is 3.06. The normalized spacial score (nSPS) is 24.7. The van der Waals surface area contributed by atoms with Gasteiger partial charge in [-0.1, -0.05) is 0 Å². The Labute approximate surface area is 155 Å². The van der Waals surface area contributed by atoms with Gasteiger partial charge in [0.2, 0.25) is 0 Å². The minimum absolute atomic E-state index is 0.00236. The second-order valence-electron chi connectivity index (χ2n) is 4.51. The minimum atomic E-state index is -0.521. The van der Waals surface area contributed by atoms with Crippen molar-refractivity contribution in [3.63, 3.8) is 0 Å². The van der Waals surface area contributed by atoms with Crippen molar-refractivity contribution in [2.24, 2.45) is 0 Å². The van der Waals surface area contributed by atoms with Crippen LogP contribution in [0.25, 0.3) is 0 Å². The number of rotatable bonds is 1. The van der Waals surface area contributed by atoms with Crippen molar-refractivity contribution in [2.45, 2.75) is 37.9 Å². The molecule has 3 atom stereocenters. The number of piperidine rings is 1. The van der Waals surface area contributed by atoms with Gasteiger partial charge in [-0.3, -0.25) is 0 Å². The van der Waals surface area contributed by atoms with Gasteiger partial charge in [-0.15, -0.1) is 0 Å². The summed E-state index contributed by atoms with van der Waals surface area (Å²) in [7, 11) is 3.75. The standard InChI is InChI=1S/C10H17NO3.5CO.Cr/c1-10(2)13-8-6-11(3)5-7(12-4)9(8)14-10;5*1-2;/h7-9H,5H2,1-4H3;;;;;;/t7-,8+,9-;;;;;;/m1....../s1. The molecule has 0 aromatic carbocycles. The molecule has 0 amide bonds. The predicted octanol–water partition coefficient (Wildman–Crippen LogP) is -0.0439. The summed E-state index contributed by atoms with van der Waals surface area (Å²) in [4.78, 5) is 2.13. The molecule has 2 saturated heterocycles. The molecule has 25 heavy (non-hydrogen) atoms. The van der Waals surface area contributed by atoms with E-state index in [1.54, 1.807) is 7.11 Å². The Morgan fingerprint density at radius 2 is 1.40 bits per heavy atom. The quantitative estimate of drug-likeness (QED) is 0.458. The second kappa shape index (κ2) is 19.3. The first kappa shape index (κ1) is 31.7. The molecule has 2 aliphatic rings. The Morgan fingerprint density at radius 3 is 1.76 bits per heavy atom. The fourth-order valence-corrected chi connectivity index (χ4v) is 2.54. The number of likely N-dealkylation sites (N-methyl/N-ethyl adjacent to an activating group) is 1. The number of ether oxygens (including phenoxy) is 3. The molecular weight excluding hydrogens is 374 g/mol. The molecule has 2 aliphatic heterocycles. The first-order chi connectivity index (χ1) is 11.9. The second-order valence-corrected chi connectivity index (χ2v) is 5.17. The number of methoxy groups -OCH3 is 1. The molecule has 0 saturated carbocycles. The van der Waals surface area contributed by atoms with Crippen molar-refractivity contribution in [2.75, 3.05) is 20.7 Å². The summed E-state index contributed by atoms with van der Waals surface area (Å²) in [5.74, 6) is -0.521. The van der Waals surface area contributed by atoms with E-state index in [-0.39, 0.29) is 18.3 Å². The molecule has 0 bridgehead atoms. The van der Waals surface area contributed by atoms with E-state index >= 15 is 0 Å². The molecule has 0 spiro atoms. The van der Waals surface area contributed by atoms with Crippen LogP contribution in [0.1, 0.15) is 13.8 Å². The fourth-order valence-electron chi connectivity index (χ4n) is 2.14. The zero-order valence-corrected chi connectivity index (χ0v) is 15.3. The first-order valence-electron chi connectivity index (χ1n) is 6.10. The third-order valence-corrected chi connectivity index (χ3v) is 3.72. The summed E-state index contributed by atoms with van der Waals surface area (Å²) in [5, 5.41) is 0. The van der Waals surface area contributed by atoms with Crippen LogP contribution in [0.15, 0.2) is 0 Å². The van der Waals surface area contributed by atoms with Crippen LogP contribution < -0.4 is 0 Å². The van der Waals surface area contributed by atoms with Crippen LogP contribution in [-0.2, 0) is 53.3 Å². The van der Waals surface area contributed by atoms with Crippen LogP contribution in [0.2, 0.25) is 0 Å². The molecule has 0 aromatic heterocycles. The summed E-state index contributed by atoms with van der Waals surface area (Å²) in [6.45, 7) is 27.2. The molecule has 10 heteroatoms. The number of fused-ring (bicyclic) bond motifs is 1. The molecule has 0 aliphatic carbocycles. The van der Waals surface area contributed by atoms with E-state index in [4.69, 9.17) is 37.5 Å². The van der Waals surface area contributed by atoms with Crippen LogP contribution in [0, 0.1) is 33.3 Å². The summed E-state index contributed by atoms with van der Waals surface area (Å²) in [6.07, 6.45) is 0.0417. The molecule has 9 nitrogen and oxygen atoms in total. The van der Waals surface area contributed by atoms with Gasteiger partial charge < -0.3 is 0 Å². The van der Waals surface area contributed by atoms with Crippen LogP contribution in [0.5, 0.6) is 0 Å². The zero-order valence-electron chi connectivity index (χ0n) is 14.1. The van der Waals surface area contributed by atoms with Crippen molar-refractivity contribution in [3.8, 4) is 0 Å². The van der Waals surface area contributed by atoms with E-state index in [0.717, 1.165) is 11.0 Å². The van der Waals surface area contributed by atoms with Crippen LogP contribution in [0.4, 0.5) is 0 Å². The number of hydrogen-bond acceptors (Lipinski definition) is 4. The molecule has 2 fully saturated rings. The van der Waals surface area contributed by atoms with Crippen molar-refractivity contribution in [1.82, 2.24) is 4.90 Å². The Bertz CT molecular complexity index is 434. The molecule has 2 rings (SSSR count). The first-order valence-corrected chi connectivity index (χ1v) is 6.74. The Morgan fingerprint density at radius 1 is 1.00 bits per heavy atom. The number of likely N-dealkylation sites (tertiary alicyclic amines) is 1. The van der Waals surface area contributed by atoms with Gasteiger partial charge in [-0.05, 0) is 0 Å². The van der Waals surface area contributed by atoms with Crippen molar-refractivity contribution >= 4 is 4.50 Å². The van der Waals surface area contributed by atoms with Crippen molar-refractivity contribution < 1.29 is 53.3 Å². The molecular formula is C15H17CrNO8. The maximum atomic E-state index is 7.50. The third kappa shape index (κ3) is 10.5. The van der Waals surface area contributed by atoms with Crippen LogP contribution >= 0.6 is 0 Å². The van der Waals surface area contributed by atoms with Crippen LogP contribution in [-0.4, -0.2) is 54.2 Å². The van der Waals surface area contributed by atoms with E-state index in [1.165, 1.54) is 0 Å². The van der Waals surface area contributed by atoms with E-state index < -0.39 is 5.79 Å². The SMILES string of the molecule is CO[C@@H]1CN(C)[C](=[Cr])[C@@H]2OC(C)(C)O[C@H]12.[C-]#[O+].[C-]#[O+].[C-]#[O+].[C-]#[O+].[C-]#[O+]. The van der Waals surface area contributed by atoms with Crippen molar-refractivity contribution in [3.05, 3.63) is 33.3 Å². The monoisotopic (exact) mass is 391 g/mol. The predicted molar refractivity (Wildman–Crippen MR) is 71.9 cm³/mol. The zero-order chi connectivity index (χ0) is 21.2. The van der Waals surface area contributed by atoms with E-state index in [0.29, 0.717) is 0 Å². The molecule has 0 radical (unpaired) electrons. The average molecular weight is 391 g/mol. The molecule has 0 unspecified atom stereocenters. The summed E-state index contributed by atoms with van der Waals surface area (Å²) in [5.41, 5.74) is 0. The number of hydrogen-bond donors (Lipinski definition) is 0. The van der Waals surface area contributed by atoms with Gasteiger partial charge in [0, 0.05) is 0 Å². The van der Waals surface area contributed by atoms with E-state index in [1.807, 2.05) is 20.9 Å². The average Bonchev–Trinajstić information content (AvgIpc) is 3.02. The Kier molecular flexibility index (Phi) is 24.4. The van der Waals surface area contributed by atoms with Crippen LogP contribution in [0.3, 0.4) is 0 Å². The van der Waals surface area contributed by atoms with E-state index in [2.05, 4.69) is 54.0 Å². The summed E-state index contributed by atoms with van der Waals surface area (Å²) in [6, 6.07) is 0. The number of nitrogens with zero attached hydrogens (tertiary/aromatic N) is 1. The van der Waals surface area contributed by atoms with Gasteiger partial charge >= 0.3 is 155 Å². The third-order valence-electron chi connectivity index (χ3n) is 2.87. The molecule has 0 aromatic rings. The Hall–Kier alpha value is -1.06.